The zero-order chi connectivity index (χ0) is 20.1. The lowest BCUT2D eigenvalue weighted by Gasteiger charge is -2.26. The van der Waals surface area contributed by atoms with Crippen molar-refractivity contribution in [3.05, 3.63) is 66.6 Å². The molecule has 0 bridgehead atoms. The summed E-state index contributed by atoms with van der Waals surface area (Å²) in [5.74, 6) is -0.637. The smallest absolute Gasteiger partial charge is 0.313 e. The van der Waals surface area contributed by atoms with Crippen molar-refractivity contribution in [2.45, 2.75) is 19.4 Å². The number of carbonyl (C=O) groups is 2. The second-order valence-corrected chi connectivity index (χ2v) is 6.65. The third kappa shape index (κ3) is 4.20. The largest absolute Gasteiger partial charge is 0.496 e. The van der Waals surface area contributed by atoms with Gasteiger partial charge in [-0.05, 0) is 31.5 Å². The molecular formula is C21H21N3O4. The van der Waals surface area contributed by atoms with Gasteiger partial charge in [0.25, 0.3) is 0 Å². The van der Waals surface area contributed by atoms with Gasteiger partial charge in [-0.15, -0.1) is 0 Å². The van der Waals surface area contributed by atoms with E-state index in [-0.39, 0.29) is 0 Å². The number of carbonyl (C=O) groups excluding carboxylic acids is 2. The zero-order valence-corrected chi connectivity index (χ0v) is 15.9. The first kappa shape index (κ1) is 19.2. The lowest BCUT2D eigenvalue weighted by Crippen LogP contribution is -2.46. The summed E-state index contributed by atoms with van der Waals surface area (Å²) >= 11 is 0. The van der Waals surface area contributed by atoms with Crippen molar-refractivity contribution in [3.8, 4) is 17.2 Å². The molecule has 0 atom stereocenters. The van der Waals surface area contributed by atoms with Crippen LogP contribution in [0.2, 0.25) is 0 Å². The first-order chi connectivity index (χ1) is 13.4. The van der Waals surface area contributed by atoms with Crippen LogP contribution >= 0.6 is 0 Å². The predicted octanol–water partition coefficient (Wildman–Crippen LogP) is 3.34. The average molecular weight is 379 g/mol. The van der Waals surface area contributed by atoms with Gasteiger partial charge >= 0.3 is 11.8 Å². The number of aromatic nitrogens is 1. The second kappa shape index (κ2) is 7.96. The molecule has 0 spiro atoms. The summed E-state index contributed by atoms with van der Waals surface area (Å²) in [4.78, 5) is 28.8. The molecule has 0 aliphatic carbocycles. The Labute approximate surface area is 162 Å². The Balaban J connectivity index is 1.71. The summed E-state index contributed by atoms with van der Waals surface area (Å²) in [5.41, 5.74) is 1.26. The Hall–Kier alpha value is -3.61. The molecule has 1 aromatic heterocycles. The number of methoxy groups -OCH3 is 1. The van der Waals surface area contributed by atoms with Crippen molar-refractivity contribution in [2.24, 2.45) is 0 Å². The molecule has 0 aliphatic rings. The van der Waals surface area contributed by atoms with Crippen LogP contribution in [0.15, 0.2) is 65.4 Å². The average Bonchev–Trinajstić information content (AvgIpc) is 3.22. The first-order valence-corrected chi connectivity index (χ1v) is 8.67. The van der Waals surface area contributed by atoms with E-state index in [1.54, 1.807) is 18.2 Å². The number of rotatable bonds is 5. The quantitative estimate of drug-likeness (QED) is 0.663. The minimum atomic E-state index is -0.769. The van der Waals surface area contributed by atoms with Crippen molar-refractivity contribution in [1.82, 2.24) is 10.3 Å². The highest BCUT2D eigenvalue weighted by Crippen LogP contribution is 2.31. The minimum absolute atomic E-state index is 0.400. The van der Waals surface area contributed by atoms with E-state index in [1.165, 1.54) is 19.6 Å². The van der Waals surface area contributed by atoms with Crippen LogP contribution in [-0.2, 0) is 15.1 Å². The van der Waals surface area contributed by atoms with Gasteiger partial charge in [-0.2, -0.15) is 0 Å². The fourth-order valence-corrected chi connectivity index (χ4v) is 2.76. The zero-order valence-electron chi connectivity index (χ0n) is 15.9. The third-order valence-corrected chi connectivity index (χ3v) is 4.25. The molecule has 0 aliphatic heterocycles. The Kier molecular flexibility index (Phi) is 5.44. The topological polar surface area (TPSA) is 93.5 Å². The maximum absolute atomic E-state index is 12.4. The van der Waals surface area contributed by atoms with E-state index in [2.05, 4.69) is 15.6 Å². The van der Waals surface area contributed by atoms with Crippen LogP contribution < -0.4 is 15.4 Å². The molecule has 3 rings (SSSR count). The van der Waals surface area contributed by atoms with E-state index in [1.807, 2.05) is 44.2 Å². The van der Waals surface area contributed by atoms with Gasteiger partial charge < -0.3 is 19.8 Å². The van der Waals surface area contributed by atoms with E-state index in [0.29, 0.717) is 22.9 Å². The maximum atomic E-state index is 12.4. The van der Waals surface area contributed by atoms with Gasteiger partial charge in [0, 0.05) is 11.8 Å². The van der Waals surface area contributed by atoms with Crippen molar-refractivity contribution in [1.29, 1.82) is 0 Å². The number of nitrogens with zero attached hydrogens (tertiary/aromatic N) is 1. The van der Waals surface area contributed by atoms with E-state index < -0.39 is 17.4 Å². The molecule has 0 fully saturated rings. The molecule has 1 heterocycles. The summed E-state index contributed by atoms with van der Waals surface area (Å²) in [6, 6.07) is 14.4. The highest BCUT2D eigenvalue weighted by Gasteiger charge is 2.26. The number of hydrogen-bond acceptors (Lipinski definition) is 5. The molecule has 144 valence electrons. The summed E-state index contributed by atoms with van der Waals surface area (Å²) in [6.45, 7) is 3.67. The van der Waals surface area contributed by atoms with Gasteiger partial charge in [-0.3, -0.25) is 9.59 Å². The first-order valence-electron chi connectivity index (χ1n) is 8.67. The van der Waals surface area contributed by atoms with Gasteiger partial charge in [0.1, 0.15) is 12.0 Å². The fraction of sp³-hybridized carbons (Fsp3) is 0.190. The molecule has 28 heavy (non-hydrogen) atoms. The SMILES string of the molecule is COc1cc(NC(=O)C(=O)NC(C)(C)c2ccccc2)ccc1-c1ncco1. The molecule has 3 aromatic rings. The molecule has 7 nitrogen and oxygen atoms in total. The van der Waals surface area contributed by atoms with Gasteiger partial charge in [0.2, 0.25) is 5.89 Å². The van der Waals surface area contributed by atoms with Crippen molar-refractivity contribution in [3.63, 3.8) is 0 Å². The van der Waals surface area contributed by atoms with E-state index in [9.17, 15) is 9.59 Å². The van der Waals surface area contributed by atoms with Gasteiger partial charge in [-0.25, -0.2) is 4.98 Å². The minimum Gasteiger partial charge on any atom is -0.496 e. The van der Waals surface area contributed by atoms with Crippen LogP contribution in [0.25, 0.3) is 11.5 Å². The maximum Gasteiger partial charge on any atom is 0.313 e. The van der Waals surface area contributed by atoms with Crippen LogP contribution in [0.5, 0.6) is 5.75 Å². The Morgan fingerprint density at radius 1 is 1.07 bits per heavy atom. The standard InChI is InChI=1S/C21H21N3O4/c1-21(2,14-7-5-4-6-8-14)24-19(26)18(25)23-15-9-10-16(17(13-15)27-3)20-22-11-12-28-20/h4-13H,1-3H3,(H,23,25)(H,24,26). The summed E-state index contributed by atoms with van der Waals surface area (Å²) in [5, 5.41) is 5.33. The van der Waals surface area contributed by atoms with Crippen LogP contribution in [0.1, 0.15) is 19.4 Å². The molecule has 0 saturated carbocycles. The molecule has 2 aromatic carbocycles. The Morgan fingerprint density at radius 2 is 1.82 bits per heavy atom. The highest BCUT2D eigenvalue weighted by atomic mass is 16.5. The second-order valence-electron chi connectivity index (χ2n) is 6.65. The van der Waals surface area contributed by atoms with Crippen LogP contribution in [0, 0.1) is 0 Å². The van der Waals surface area contributed by atoms with Gasteiger partial charge in [0.15, 0.2) is 0 Å². The van der Waals surface area contributed by atoms with E-state index >= 15 is 0 Å². The molecule has 0 saturated heterocycles. The number of hydrogen-bond donors (Lipinski definition) is 2. The lowest BCUT2D eigenvalue weighted by molar-refractivity contribution is -0.137. The van der Waals surface area contributed by atoms with Crippen molar-refractivity contribution >= 4 is 17.5 Å². The predicted molar refractivity (Wildman–Crippen MR) is 105 cm³/mol. The number of oxazole rings is 1. The van der Waals surface area contributed by atoms with Gasteiger partial charge in [-0.1, -0.05) is 30.3 Å². The number of amides is 2. The molecule has 7 heteroatoms. The van der Waals surface area contributed by atoms with Crippen molar-refractivity contribution in [2.75, 3.05) is 12.4 Å². The van der Waals surface area contributed by atoms with Crippen LogP contribution in [0.3, 0.4) is 0 Å². The van der Waals surface area contributed by atoms with Crippen molar-refractivity contribution < 1.29 is 18.7 Å². The monoisotopic (exact) mass is 379 g/mol. The van der Waals surface area contributed by atoms with E-state index in [0.717, 1.165) is 5.56 Å². The molecule has 0 unspecified atom stereocenters. The summed E-state index contributed by atoms with van der Waals surface area (Å²) in [6.07, 6.45) is 2.99. The number of benzene rings is 2. The highest BCUT2D eigenvalue weighted by molar-refractivity contribution is 6.39. The van der Waals surface area contributed by atoms with Gasteiger partial charge in [0.05, 0.1) is 24.4 Å². The molecule has 2 N–H and O–H groups in total. The summed E-state index contributed by atoms with van der Waals surface area (Å²) in [7, 11) is 1.50. The molecular weight excluding hydrogens is 358 g/mol. The summed E-state index contributed by atoms with van der Waals surface area (Å²) < 4.78 is 10.6. The number of nitrogens with one attached hydrogen (secondary N) is 2. The van der Waals surface area contributed by atoms with E-state index in [4.69, 9.17) is 9.15 Å². The Morgan fingerprint density at radius 3 is 2.46 bits per heavy atom. The third-order valence-electron chi connectivity index (χ3n) is 4.25. The van der Waals surface area contributed by atoms with Crippen LogP contribution in [0.4, 0.5) is 5.69 Å². The lowest BCUT2D eigenvalue weighted by atomic mass is 9.94. The molecule has 2 amide bonds. The fourth-order valence-electron chi connectivity index (χ4n) is 2.76. The van der Waals surface area contributed by atoms with Crippen LogP contribution in [-0.4, -0.2) is 23.9 Å². The number of anilines is 1. The normalized spacial score (nSPS) is 11.0. The Bertz CT molecular complexity index is 967. The number of ether oxygens (including phenoxy) is 1. The molecule has 0 radical (unpaired) electrons.